The highest BCUT2D eigenvalue weighted by Crippen LogP contribution is 2.37. The minimum atomic E-state index is -0.144. The maximum Gasteiger partial charge on any atom is 0.246 e. The first-order valence-corrected chi connectivity index (χ1v) is 11.6. The maximum absolute atomic E-state index is 12.6. The molecule has 2 aromatic heterocycles. The van der Waals surface area contributed by atoms with Gasteiger partial charge >= 0.3 is 0 Å². The number of thiophene rings is 1. The number of amides is 1. The molecule has 0 saturated heterocycles. The van der Waals surface area contributed by atoms with Gasteiger partial charge in [-0.15, -0.1) is 11.3 Å². The summed E-state index contributed by atoms with van der Waals surface area (Å²) in [5, 5.41) is 14.4. The third-order valence-corrected chi connectivity index (χ3v) is 6.69. The summed E-state index contributed by atoms with van der Waals surface area (Å²) in [4.78, 5) is 27.6. The van der Waals surface area contributed by atoms with Gasteiger partial charge in [0.05, 0.1) is 24.6 Å². The fraction of sp³-hybridized carbons (Fsp3) is 0.375. The van der Waals surface area contributed by atoms with Crippen LogP contribution in [0.2, 0.25) is 0 Å². The van der Waals surface area contributed by atoms with Crippen molar-refractivity contribution in [2.24, 2.45) is 0 Å². The lowest BCUT2D eigenvalue weighted by atomic mass is 10.0. The molecule has 168 valence electrons. The quantitative estimate of drug-likeness (QED) is 0.513. The number of fused-ring (bicyclic) bond motifs is 3. The average Bonchev–Trinajstić information content (AvgIpc) is 3.17. The first-order valence-electron chi connectivity index (χ1n) is 10.8. The smallest absolute Gasteiger partial charge is 0.246 e. The molecule has 1 aliphatic heterocycles. The van der Waals surface area contributed by atoms with Crippen molar-refractivity contribution < 1.29 is 9.90 Å². The van der Waals surface area contributed by atoms with Crippen molar-refractivity contribution in [1.82, 2.24) is 19.8 Å². The molecule has 0 fully saturated rings. The van der Waals surface area contributed by atoms with E-state index < -0.39 is 0 Å². The van der Waals surface area contributed by atoms with Crippen molar-refractivity contribution in [3.05, 3.63) is 64.8 Å². The first kappa shape index (κ1) is 22.4. The zero-order valence-electron chi connectivity index (χ0n) is 18.5. The third-order valence-electron chi connectivity index (χ3n) is 5.57. The van der Waals surface area contributed by atoms with Crippen LogP contribution in [-0.4, -0.2) is 70.6 Å². The van der Waals surface area contributed by atoms with Gasteiger partial charge in [-0.1, -0.05) is 36.4 Å². The Morgan fingerprint density at radius 3 is 2.88 bits per heavy atom. The zero-order chi connectivity index (χ0) is 22.5. The molecule has 0 unspecified atom stereocenters. The summed E-state index contributed by atoms with van der Waals surface area (Å²) in [5.74, 6) is 0.802. The van der Waals surface area contributed by atoms with Crippen molar-refractivity contribution >= 4 is 33.3 Å². The first-order chi connectivity index (χ1) is 15.5. The van der Waals surface area contributed by atoms with Crippen molar-refractivity contribution in [3.8, 4) is 0 Å². The van der Waals surface area contributed by atoms with Crippen molar-refractivity contribution in [3.63, 3.8) is 0 Å². The number of hydrogen-bond acceptors (Lipinski definition) is 7. The Morgan fingerprint density at radius 2 is 2.12 bits per heavy atom. The van der Waals surface area contributed by atoms with E-state index in [9.17, 15) is 9.90 Å². The van der Waals surface area contributed by atoms with E-state index >= 15 is 0 Å². The van der Waals surface area contributed by atoms with Crippen LogP contribution in [-0.2, 0) is 24.2 Å². The van der Waals surface area contributed by atoms with E-state index in [-0.39, 0.29) is 18.6 Å². The van der Waals surface area contributed by atoms with E-state index in [0.29, 0.717) is 19.5 Å². The topological polar surface area (TPSA) is 81.6 Å². The summed E-state index contributed by atoms with van der Waals surface area (Å²) in [7, 11) is 3.96. The summed E-state index contributed by atoms with van der Waals surface area (Å²) < 4.78 is 0. The van der Waals surface area contributed by atoms with E-state index in [1.165, 1.54) is 5.56 Å². The van der Waals surface area contributed by atoms with Crippen molar-refractivity contribution in [1.29, 1.82) is 0 Å². The minimum Gasteiger partial charge on any atom is -0.394 e. The predicted molar refractivity (Wildman–Crippen MR) is 129 cm³/mol. The molecule has 1 aromatic carbocycles. The summed E-state index contributed by atoms with van der Waals surface area (Å²) in [6, 6.07) is 9.97. The van der Waals surface area contributed by atoms with Gasteiger partial charge in [0.15, 0.2) is 0 Å². The number of nitrogens with one attached hydrogen (secondary N) is 1. The molecule has 1 amide bonds. The van der Waals surface area contributed by atoms with Crippen LogP contribution in [0.3, 0.4) is 0 Å². The van der Waals surface area contributed by atoms with Crippen molar-refractivity contribution in [2.75, 3.05) is 39.1 Å². The molecule has 2 N–H and O–H groups in total. The summed E-state index contributed by atoms with van der Waals surface area (Å²) in [5.41, 5.74) is 2.37. The molecule has 32 heavy (non-hydrogen) atoms. The molecule has 4 rings (SSSR count). The highest BCUT2D eigenvalue weighted by molar-refractivity contribution is 7.19. The molecule has 3 aromatic rings. The zero-order valence-corrected chi connectivity index (χ0v) is 19.3. The number of aliphatic hydroxyl groups is 1. The van der Waals surface area contributed by atoms with Crippen LogP contribution in [0.5, 0.6) is 0 Å². The van der Waals surface area contributed by atoms with Crippen LogP contribution in [0.1, 0.15) is 16.0 Å². The van der Waals surface area contributed by atoms with Crippen LogP contribution in [0.4, 0.5) is 5.82 Å². The Kier molecular flexibility index (Phi) is 7.14. The van der Waals surface area contributed by atoms with Gasteiger partial charge in [-0.05, 0) is 38.1 Å². The van der Waals surface area contributed by atoms with Crippen LogP contribution in [0.25, 0.3) is 10.2 Å². The van der Waals surface area contributed by atoms with Crippen LogP contribution in [0.15, 0.2) is 48.8 Å². The largest absolute Gasteiger partial charge is 0.394 e. The molecule has 8 heteroatoms. The monoisotopic (exact) mass is 451 g/mol. The van der Waals surface area contributed by atoms with Gasteiger partial charge in [-0.3, -0.25) is 4.79 Å². The van der Waals surface area contributed by atoms with E-state index in [2.05, 4.69) is 27.4 Å². The lowest BCUT2D eigenvalue weighted by Gasteiger charge is -2.26. The van der Waals surface area contributed by atoms with Gasteiger partial charge < -0.3 is 20.2 Å². The van der Waals surface area contributed by atoms with Gasteiger partial charge in [0, 0.05) is 24.0 Å². The number of aromatic nitrogens is 2. The molecule has 0 saturated carbocycles. The Balaban J connectivity index is 1.53. The molecule has 0 spiro atoms. The number of carbonyl (C=O) groups is 1. The molecule has 1 atom stereocenters. The Hall–Kier alpha value is -2.81. The molecule has 0 bridgehead atoms. The fourth-order valence-corrected chi connectivity index (χ4v) is 5.15. The van der Waals surface area contributed by atoms with Crippen molar-refractivity contribution in [2.45, 2.75) is 25.4 Å². The minimum absolute atomic E-state index is 0.00822. The number of hydrogen-bond donors (Lipinski definition) is 2. The number of benzene rings is 1. The summed E-state index contributed by atoms with van der Waals surface area (Å²) >= 11 is 1.62. The molecule has 0 radical (unpaired) electrons. The van der Waals surface area contributed by atoms with Crippen LogP contribution < -0.4 is 5.32 Å². The predicted octanol–water partition coefficient (Wildman–Crippen LogP) is 2.71. The Labute approximate surface area is 192 Å². The fourth-order valence-electron chi connectivity index (χ4n) is 3.95. The number of likely N-dealkylation sites (N-methyl/N-ethyl adjacent to an activating group) is 1. The molecular weight excluding hydrogens is 422 g/mol. The molecule has 0 aliphatic carbocycles. The summed E-state index contributed by atoms with van der Waals surface area (Å²) in [6.07, 6.45) is 6.61. The average molecular weight is 452 g/mol. The highest BCUT2D eigenvalue weighted by atomic mass is 32.1. The highest BCUT2D eigenvalue weighted by Gasteiger charge is 2.26. The normalized spacial score (nSPS) is 14.8. The van der Waals surface area contributed by atoms with E-state index in [0.717, 1.165) is 39.4 Å². The van der Waals surface area contributed by atoms with Crippen LogP contribution >= 0.6 is 11.3 Å². The van der Waals surface area contributed by atoms with Gasteiger partial charge in [0.1, 0.15) is 17.0 Å². The van der Waals surface area contributed by atoms with E-state index in [1.54, 1.807) is 23.7 Å². The van der Waals surface area contributed by atoms with Gasteiger partial charge in [-0.25, -0.2) is 9.97 Å². The van der Waals surface area contributed by atoms with Gasteiger partial charge in [0.2, 0.25) is 5.91 Å². The summed E-state index contributed by atoms with van der Waals surface area (Å²) in [6.45, 7) is 2.02. The number of carbonyl (C=O) groups excluding carboxylic acids is 1. The number of aliphatic hydroxyl groups excluding tert-OH is 1. The lowest BCUT2D eigenvalue weighted by molar-refractivity contribution is -0.126. The second kappa shape index (κ2) is 10.2. The SMILES string of the molecule is CN(C)CC=CC(=O)N1CCc2c(sc3ncnc(N[C@H](CO)Cc4ccccc4)c23)C1. The van der Waals surface area contributed by atoms with E-state index in [1.807, 2.05) is 48.2 Å². The number of nitrogens with zero attached hydrogens (tertiary/aromatic N) is 4. The second-order valence-corrected chi connectivity index (χ2v) is 9.38. The standard InChI is InChI=1S/C24H29N5O2S/c1-28(2)11-6-9-21(31)29-12-10-19-20(14-29)32-24-22(19)23(25-16-26-24)27-18(15-30)13-17-7-4-3-5-8-17/h3-9,16,18,30H,10-15H2,1-2H3,(H,25,26,27)/t18-/m0/s1. The van der Waals surface area contributed by atoms with Gasteiger partial charge in [-0.2, -0.15) is 0 Å². The molecule has 3 heterocycles. The van der Waals surface area contributed by atoms with E-state index in [4.69, 9.17) is 0 Å². The molecular formula is C24H29N5O2S. The third kappa shape index (κ3) is 5.15. The molecule has 1 aliphatic rings. The Morgan fingerprint density at radius 1 is 1.31 bits per heavy atom. The van der Waals surface area contributed by atoms with Crippen LogP contribution in [0, 0.1) is 0 Å². The second-order valence-electron chi connectivity index (χ2n) is 8.29. The number of anilines is 1. The maximum atomic E-state index is 12.6. The lowest BCUT2D eigenvalue weighted by Crippen LogP contribution is -2.34. The number of rotatable bonds is 8. The molecule has 7 nitrogen and oxygen atoms in total. The van der Waals surface area contributed by atoms with Gasteiger partial charge in [0.25, 0.3) is 0 Å². The Bertz CT molecular complexity index is 1100.